The Balaban J connectivity index is 1.50. The van der Waals surface area contributed by atoms with Gasteiger partial charge in [0.1, 0.15) is 29.6 Å². The number of methoxy groups -OCH3 is 2. The third kappa shape index (κ3) is 10.4. The summed E-state index contributed by atoms with van der Waals surface area (Å²) >= 11 is 0.820. The molecule has 13 nitrogen and oxygen atoms in total. The smallest absolute Gasteiger partial charge is 0.335 e. The maximum absolute atomic E-state index is 14.0. The number of carbonyl (C=O) groups excluding carboxylic acids is 4. The van der Waals surface area contributed by atoms with Gasteiger partial charge in [-0.25, -0.2) is 0 Å². The summed E-state index contributed by atoms with van der Waals surface area (Å²) < 4.78 is 22.1. The lowest BCUT2D eigenvalue weighted by molar-refractivity contribution is -0.145. The van der Waals surface area contributed by atoms with E-state index in [9.17, 15) is 33.5 Å². The number of amides is 4. The summed E-state index contributed by atoms with van der Waals surface area (Å²) in [6.45, 7) is 0.214. The Morgan fingerprint density at radius 3 is 2.27 bits per heavy atom. The Bertz CT molecular complexity index is 1660. The molecule has 0 aromatic heterocycles. The van der Waals surface area contributed by atoms with Crippen molar-refractivity contribution >= 4 is 53.8 Å². The van der Waals surface area contributed by atoms with Crippen LogP contribution in [0.5, 0.6) is 11.5 Å². The summed E-state index contributed by atoms with van der Waals surface area (Å²) in [5.74, 6) is -1.58. The van der Waals surface area contributed by atoms with Crippen molar-refractivity contribution in [1.29, 1.82) is 0 Å². The minimum absolute atomic E-state index is 0.139. The maximum atomic E-state index is 14.0. The van der Waals surface area contributed by atoms with Gasteiger partial charge in [-0.2, -0.15) is 0 Å². The fourth-order valence-electron chi connectivity index (χ4n) is 5.62. The van der Waals surface area contributed by atoms with Crippen LogP contribution >= 0.6 is 19.4 Å². The zero-order valence-corrected chi connectivity index (χ0v) is 28.5. The second-order valence-corrected chi connectivity index (χ2v) is 14.7. The molecule has 4 amide bonds. The molecular formula is C33H41N4O9PS. The van der Waals surface area contributed by atoms with Crippen LogP contribution in [0, 0.1) is 0 Å². The van der Waals surface area contributed by atoms with Crippen molar-refractivity contribution in [2.45, 2.75) is 50.2 Å². The summed E-state index contributed by atoms with van der Waals surface area (Å²) in [4.78, 5) is 73.4. The minimum atomic E-state index is -4.40. The number of hydrogen-bond donors (Lipinski definition) is 5. The monoisotopic (exact) mass is 700 g/mol. The molecule has 3 aromatic carbocycles. The highest BCUT2D eigenvalue weighted by molar-refractivity contribution is 8.04. The lowest BCUT2D eigenvalue weighted by atomic mass is 9.98. The first-order valence-electron chi connectivity index (χ1n) is 15.4. The van der Waals surface area contributed by atoms with Crippen LogP contribution in [0.25, 0.3) is 10.8 Å². The zero-order chi connectivity index (χ0) is 34.8. The predicted molar refractivity (Wildman–Crippen MR) is 183 cm³/mol. The summed E-state index contributed by atoms with van der Waals surface area (Å²) in [7, 11) is -1.44. The number of nitrogens with zero attached hydrogens (tertiary/aromatic N) is 1. The number of thioether (sulfide) groups is 1. The third-order valence-corrected chi connectivity index (χ3v) is 10.6. The number of piperidine rings is 1. The number of hydrogen-bond acceptors (Lipinski definition) is 8. The first-order chi connectivity index (χ1) is 22.9. The lowest BCUT2D eigenvalue weighted by Crippen LogP contribution is -2.60. The number of likely N-dealkylation sites (tertiary alicyclic amines) is 1. The number of nitrogens with two attached hydrogens (primary N) is 1. The Hall–Kier alpha value is -4.10. The second-order valence-electron chi connectivity index (χ2n) is 11.6. The molecule has 258 valence electrons. The molecular weight excluding hydrogens is 659 g/mol. The van der Waals surface area contributed by atoms with Crippen LogP contribution in [0.2, 0.25) is 0 Å². The topological polar surface area (TPSA) is 198 Å². The predicted octanol–water partition coefficient (Wildman–Crippen LogP) is 2.35. The number of rotatable bonds is 15. The average Bonchev–Trinajstić information content (AvgIpc) is 3.06. The van der Waals surface area contributed by atoms with E-state index in [4.69, 9.17) is 15.2 Å². The summed E-state index contributed by atoms with van der Waals surface area (Å²) in [6, 6.07) is 15.3. The standard InChI is InChI=1S/C33H41N4O9PS/c1-45-25-14-22(15-26(18-25)46-2)17-30(38)35-28(19-48-20-47(42,43)44)33(41)37-12-6-5-9-29(37)32(40)36-27(31(34)39)16-21-10-11-23-7-3-4-8-24(23)13-21/h3-4,7-8,10-11,13-15,18,27-29H,5-6,9,12,16-17,19-20H2,1-2H3,(H2,34,39)(H,35,38)(H,36,40)(H2,42,43,44)/t27-,28-,29-/m0/s1. The highest BCUT2D eigenvalue weighted by atomic mass is 32.2. The molecule has 0 radical (unpaired) electrons. The van der Waals surface area contributed by atoms with E-state index in [1.165, 1.54) is 19.1 Å². The highest BCUT2D eigenvalue weighted by Crippen LogP contribution is 2.38. The molecule has 48 heavy (non-hydrogen) atoms. The van der Waals surface area contributed by atoms with Crippen molar-refractivity contribution in [3.63, 3.8) is 0 Å². The van der Waals surface area contributed by atoms with Gasteiger partial charge in [0.2, 0.25) is 23.6 Å². The van der Waals surface area contributed by atoms with Crippen molar-refractivity contribution in [3.8, 4) is 11.5 Å². The van der Waals surface area contributed by atoms with Gasteiger partial charge in [-0.3, -0.25) is 23.7 Å². The van der Waals surface area contributed by atoms with E-state index in [0.29, 0.717) is 36.3 Å². The van der Waals surface area contributed by atoms with Gasteiger partial charge < -0.3 is 40.5 Å². The number of nitrogens with one attached hydrogen (secondary N) is 2. The number of ether oxygens (including phenoxy) is 2. The minimum Gasteiger partial charge on any atom is -0.497 e. The molecule has 1 aliphatic heterocycles. The molecule has 0 unspecified atom stereocenters. The number of primary amides is 1. The summed E-state index contributed by atoms with van der Waals surface area (Å²) in [6.07, 6.45) is 1.58. The van der Waals surface area contributed by atoms with Crippen LogP contribution in [-0.4, -0.2) is 88.5 Å². The lowest BCUT2D eigenvalue weighted by Gasteiger charge is -2.37. The Morgan fingerprint density at radius 1 is 0.938 bits per heavy atom. The average molecular weight is 701 g/mol. The van der Waals surface area contributed by atoms with Gasteiger partial charge in [0.15, 0.2) is 0 Å². The van der Waals surface area contributed by atoms with E-state index in [2.05, 4.69) is 10.6 Å². The summed E-state index contributed by atoms with van der Waals surface area (Å²) in [5.41, 5.74) is 6.49. The van der Waals surface area contributed by atoms with Crippen molar-refractivity contribution in [2.75, 3.05) is 32.0 Å². The Kier molecular flexibility index (Phi) is 12.9. The summed E-state index contributed by atoms with van der Waals surface area (Å²) in [5, 5.41) is 7.44. The Labute approximate surface area is 283 Å². The van der Waals surface area contributed by atoms with Gasteiger partial charge in [-0.05, 0) is 53.3 Å². The maximum Gasteiger partial charge on any atom is 0.335 e. The normalized spacial score (nSPS) is 16.1. The molecule has 1 aliphatic rings. The molecule has 15 heteroatoms. The molecule has 0 spiro atoms. The quantitative estimate of drug-likeness (QED) is 0.147. The van der Waals surface area contributed by atoms with Gasteiger partial charge in [0, 0.05) is 24.8 Å². The molecule has 3 atom stereocenters. The van der Waals surface area contributed by atoms with Crippen LogP contribution in [0.1, 0.15) is 30.4 Å². The molecule has 4 rings (SSSR count). The van der Waals surface area contributed by atoms with Crippen LogP contribution < -0.4 is 25.8 Å². The van der Waals surface area contributed by atoms with E-state index in [1.54, 1.807) is 18.2 Å². The fraction of sp³-hybridized carbons (Fsp3) is 0.394. The van der Waals surface area contributed by atoms with Crippen molar-refractivity contribution in [3.05, 3.63) is 71.8 Å². The highest BCUT2D eigenvalue weighted by Gasteiger charge is 2.37. The van der Waals surface area contributed by atoms with Gasteiger partial charge >= 0.3 is 7.60 Å². The largest absolute Gasteiger partial charge is 0.497 e. The van der Waals surface area contributed by atoms with Crippen LogP contribution in [-0.2, 0) is 36.6 Å². The van der Waals surface area contributed by atoms with Crippen molar-refractivity contribution < 1.29 is 43.0 Å². The van der Waals surface area contributed by atoms with Gasteiger partial charge in [0.05, 0.1) is 26.1 Å². The zero-order valence-electron chi connectivity index (χ0n) is 26.8. The van der Waals surface area contributed by atoms with Crippen molar-refractivity contribution in [1.82, 2.24) is 15.5 Å². The number of carbonyl (C=O) groups is 4. The molecule has 0 bridgehead atoms. The first-order valence-corrected chi connectivity index (χ1v) is 18.3. The number of fused-ring (bicyclic) bond motifs is 1. The van der Waals surface area contributed by atoms with E-state index in [0.717, 1.165) is 28.1 Å². The molecule has 1 heterocycles. The number of benzene rings is 3. The van der Waals surface area contributed by atoms with Gasteiger partial charge in [-0.1, -0.05) is 42.5 Å². The van der Waals surface area contributed by atoms with E-state index < -0.39 is 54.8 Å². The van der Waals surface area contributed by atoms with Crippen LogP contribution in [0.4, 0.5) is 0 Å². The third-order valence-electron chi connectivity index (χ3n) is 7.96. The van der Waals surface area contributed by atoms with E-state index >= 15 is 0 Å². The van der Waals surface area contributed by atoms with Crippen LogP contribution in [0.15, 0.2) is 60.7 Å². The molecule has 1 fully saturated rings. The molecule has 6 N–H and O–H groups in total. The SMILES string of the molecule is COc1cc(CC(=O)N[C@@H](CSCP(=O)(O)O)C(=O)N2CCCC[C@H]2C(=O)N[C@@H](Cc2ccc3ccccc3c2)C(N)=O)cc(OC)c1. The Morgan fingerprint density at radius 2 is 1.62 bits per heavy atom. The van der Waals surface area contributed by atoms with Gasteiger partial charge in [0.25, 0.3) is 0 Å². The molecule has 0 aliphatic carbocycles. The van der Waals surface area contributed by atoms with Crippen molar-refractivity contribution in [2.24, 2.45) is 5.73 Å². The molecule has 0 saturated carbocycles. The fourth-order valence-corrected chi connectivity index (χ4v) is 7.46. The van der Waals surface area contributed by atoms with Crippen LogP contribution in [0.3, 0.4) is 0 Å². The second kappa shape index (κ2) is 16.8. The first kappa shape index (κ1) is 36.7. The molecule has 3 aromatic rings. The molecule has 1 saturated heterocycles. The van der Waals surface area contributed by atoms with E-state index in [-0.39, 0.29) is 25.1 Å². The van der Waals surface area contributed by atoms with E-state index in [1.807, 2.05) is 42.5 Å². The van der Waals surface area contributed by atoms with Gasteiger partial charge in [-0.15, -0.1) is 11.8 Å².